The van der Waals surface area contributed by atoms with Gasteiger partial charge in [0.2, 0.25) is 5.69 Å². The van der Waals surface area contributed by atoms with Gasteiger partial charge in [-0.2, -0.15) is 4.57 Å². The lowest BCUT2D eigenvalue weighted by Crippen LogP contribution is -2.35. The maximum atomic E-state index is 8.98. The molecule has 3 aromatic rings. The molecular weight excluding hydrogens is 402 g/mol. The Morgan fingerprint density at radius 1 is 0.875 bits per heavy atom. The molecule has 1 aliphatic heterocycles. The number of aryl methyl sites for hydroxylation is 1. The summed E-state index contributed by atoms with van der Waals surface area (Å²) < 4.78 is 11.2. The molecule has 168 valence electrons. The summed E-state index contributed by atoms with van der Waals surface area (Å²) in [5.74, 6) is 1.38. The average molecular weight is 444 g/mol. The molecule has 2 aliphatic rings. The van der Waals surface area contributed by atoms with Gasteiger partial charge in [-0.25, -0.2) is 0 Å². The van der Waals surface area contributed by atoms with Crippen molar-refractivity contribution in [3.05, 3.63) is 64.8 Å². The predicted molar refractivity (Wildman–Crippen MR) is 140 cm³/mol. The van der Waals surface area contributed by atoms with Crippen LogP contribution in [0.5, 0.6) is 0 Å². The Morgan fingerprint density at radius 3 is 2.22 bits per heavy atom. The second-order valence-electron chi connectivity index (χ2n) is 11.4. The number of pyridine rings is 1. The number of nitrogens with zero attached hydrogens (tertiary/aromatic N) is 1. The quantitative estimate of drug-likeness (QED) is 0.284. The topological polar surface area (TPSA) is 3.88 Å². The van der Waals surface area contributed by atoms with Crippen LogP contribution in [0.1, 0.15) is 74.1 Å². The van der Waals surface area contributed by atoms with Gasteiger partial charge in [0.1, 0.15) is 7.05 Å². The van der Waals surface area contributed by atoms with E-state index in [1.807, 2.05) is 0 Å². The molecule has 2 heteroatoms. The van der Waals surface area contributed by atoms with Crippen LogP contribution in [0.15, 0.2) is 42.4 Å². The summed E-state index contributed by atoms with van der Waals surface area (Å²) in [6.45, 7) is 9.45. The van der Waals surface area contributed by atoms with Crippen LogP contribution in [-0.4, -0.2) is 8.07 Å². The lowest BCUT2D eigenvalue weighted by molar-refractivity contribution is -0.665. The van der Waals surface area contributed by atoms with Crippen LogP contribution < -0.4 is 4.57 Å². The van der Waals surface area contributed by atoms with Gasteiger partial charge in [-0.1, -0.05) is 62.3 Å². The molecule has 2 heterocycles. The summed E-state index contributed by atoms with van der Waals surface area (Å²) >= 11 is 0. The maximum Gasteiger partial charge on any atom is 0.220 e. The van der Waals surface area contributed by atoms with Crippen molar-refractivity contribution in [1.82, 2.24) is 0 Å². The monoisotopic (exact) mass is 443 g/mol. The van der Waals surface area contributed by atoms with E-state index in [0.29, 0.717) is 17.9 Å². The second kappa shape index (κ2) is 8.45. The molecule has 0 unspecified atom stereocenters. The Bertz CT molecular complexity index is 1200. The Balaban J connectivity index is 1.64. The molecular formula is C30H40NSi+. The zero-order valence-electron chi connectivity index (χ0n) is 21.7. The first-order valence-electron chi connectivity index (χ1n) is 13.3. The molecule has 0 bridgehead atoms. The first-order chi connectivity index (χ1) is 15.7. The molecule has 0 spiro atoms. The van der Waals surface area contributed by atoms with Gasteiger partial charge in [0.05, 0.1) is 6.76 Å². The fourth-order valence-electron chi connectivity index (χ4n) is 6.22. The number of aromatic nitrogens is 1. The van der Waals surface area contributed by atoms with Crippen molar-refractivity contribution in [2.24, 2.45) is 7.05 Å². The van der Waals surface area contributed by atoms with E-state index in [2.05, 4.69) is 75.0 Å². The Hall–Kier alpha value is -1.93. The van der Waals surface area contributed by atoms with Crippen molar-refractivity contribution < 1.29 is 5.94 Å². The van der Waals surface area contributed by atoms with E-state index >= 15 is 0 Å². The van der Waals surface area contributed by atoms with Crippen LogP contribution >= 0.6 is 0 Å². The molecule has 1 saturated heterocycles. The molecule has 0 atom stereocenters. The average Bonchev–Trinajstić information content (AvgIpc) is 3.34. The molecule has 0 radical (unpaired) electrons. The number of benzene rings is 2. The standard InChI is InChI=1S/C30H40NSi/c1-21-10-11-26(23-8-6-7-9-23)20-29(21)30-28-13-12-25(19-27(28)18-22(2)31(30)3)24-14-16-32(4,5)17-15-24/h10-13,18-20,23-24H,6-9,14-17H2,1-5H3/q+1/i18D. The van der Waals surface area contributed by atoms with E-state index in [4.69, 9.17) is 1.37 Å². The summed E-state index contributed by atoms with van der Waals surface area (Å²) in [6.07, 6.45) is 8.02. The van der Waals surface area contributed by atoms with E-state index in [1.54, 1.807) is 0 Å². The largest absolute Gasteiger partial charge is 0.220 e. The van der Waals surface area contributed by atoms with Gasteiger partial charge in [0.15, 0.2) is 5.69 Å². The maximum absolute atomic E-state index is 8.98. The molecule has 1 nitrogen and oxygen atoms in total. The zero-order valence-corrected chi connectivity index (χ0v) is 21.7. The molecule has 1 aromatic heterocycles. The summed E-state index contributed by atoms with van der Waals surface area (Å²) in [7, 11) is 1.18. The number of fused-ring (bicyclic) bond motifs is 1. The molecule has 1 aliphatic carbocycles. The van der Waals surface area contributed by atoms with E-state index in [1.165, 1.54) is 83.9 Å². The fraction of sp³-hybridized carbons (Fsp3) is 0.500. The van der Waals surface area contributed by atoms with Crippen LogP contribution in [0, 0.1) is 13.8 Å². The van der Waals surface area contributed by atoms with Gasteiger partial charge >= 0.3 is 0 Å². The van der Waals surface area contributed by atoms with Crippen LogP contribution in [0.4, 0.5) is 0 Å². The molecule has 0 amide bonds. The Kier molecular flexibility index (Phi) is 5.45. The van der Waals surface area contributed by atoms with Crippen molar-refractivity contribution in [3.8, 4) is 11.3 Å². The van der Waals surface area contributed by atoms with Gasteiger partial charge < -0.3 is 0 Å². The number of hydrogen-bond donors (Lipinski definition) is 0. The number of rotatable bonds is 3. The minimum Gasteiger partial charge on any atom is -0.198 e. The molecule has 2 aromatic carbocycles. The van der Waals surface area contributed by atoms with Gasteiger partial charge in [-0.3, -0.25) is 0 Å². The lowest BCUT2D eigenvalue weighted by atomic mass is 9.89. The first-order valence-corrected chi connectivity index (χ1v) is 16.2. The van der Waals surface area contributed by atoms with Crippen molar-refractivity contribution in [3.63, 3.8) is 0 Å². The zero-order chi connectivity index (χ0) is 23.3. The van der Waals surface area contributed by atoms with E-state index < -0.39 is 8.07 Å². The number of hydrogen-bond acceptors (Lipinski definition) is 0. The van der Waals surface area contributed by atoms with Crippen LogP contribution in [0.3, 0.4) is 0 Å². The minimum atomic E-state index is -0.963. The molecule has 2 fully saturated rings. The van der Waals surface area contributed by atoms with Crippen LogP contribution in [0.25, 0.3) is 22.0 Å². The van der Waals surface area contributed by atoms with Gasteiger partial charge in [-0.05, 0) is 78.7 Å². The first kappa shape index (κ1) is 20.7. The third-order valence-electron chi connectivity index (χ3n) is 8.61. The van der Waals surface area contributed by atoms with E-state index in [9.17, 15) is 0 Å². The van der Waals surface area contributed by atoms with Gasteiger partial charge in [0.25, 0.3) is 0 Å². The normalized spacial score (nSPS) is 20.1. The van der Waals surface area contributed by atoms with Gasteiger partial charge in [-0.15, -0.1) is 0 Å². The third-order valence-corrected chi connectivity index (χ3v) is 11.9. The second-order valence-corrected chi connectivity index (χ2v) is 16.7. The minimum absolute atomic E-state index is 0.666. The van der Waals surface area contributed by atoms with Crippen molar-refractivity contribution >= 4 is 18.8 Å². The SMILES string of the molecule is [2H]c1c(C)[n+](C)c(-c2cc(C3CCCC3)ccc2C)c2ccc(C3CC[Si](C)(C)CC3)cc12. The highest BCUT2D eigenvalue weighted by atomic mass is 28.3. The van der Waals surface area contributed by atoms with Crippen LogP contribution in [-0.2, 0) is 7.05 Å². The highest BCUT2D eigenvalue weighted by molar-refractivity contribution is 6.77. The third kappa shape index (κ3) is 4.07. The summed E-state index contributed by atoms with van der Waals surface area (Å²) in [4.78, 5) is 0. The summed E-state index contributed by atoms with van der Waals surface area (Å²) in [5, 5.41) is 2.36. The smallest absolute Gasteiger partial charge is 0.198 e. The molecule has 0 N–H and O–H groups in total. The predicted octanol–water partition coefficient (Wildman–Crippen LogP) is 8.19. The summed E-state index contributed by atoms with van der Waals surface area (Å²) in [6, 6.07) is 17.8. The van der Waals surface area contributed by atoms with E-state index in [-0.39, 0.29) is 0 Å². The lowest BCUT2D eigenvalue weighted by Gasteiger charge is -2.33. The molecule has 5 rings (SSSR count). The van der Waals surface area contributed by atoms with Gasteiger partial charge in [0, 0.05) is 26.6 Å². The highest BCUT2D eigenvalue weighted by Gasteiger charge is 2.30. The van der Waals surface area contributed by atoms with Crippen LogP contribution in [0.2, 0.25) is 25.2 Å². The van der Waals surface area contributed by atoms with E-state index in [0.717, 1.165) is 11.1 Å². The molecule has 32 heavy (non-hydrogen) atoms. The highest BCUT2D eigenvalue weighted by Crippen LogP contribution is 2.41. The Morgan fingerprint density at radius 2 is 1.50 bits per heavy atom. The van der Waals surface area contributed by atoms with Crippen molar-refractivity contribution in [1.29, 1.82) is 0 Å². The molecule has 1 saturated carbocycles. The Labute approximate surface area is 197 Å². The van der Waals surface area contributed by atoms with Crippen molar-refractivity contribution in [2.45, 2.75) is 89.4 Å². The van der Waals surface area contributed by atoms with Crippen molar-refractivity contribution in [2.75, 3.05) is 0 Å². The fourth-order valence-corrected chi connectivity index (χ4v) is 8.73. The summed E-state index contributed by atoms with van der Waals surface area (Å²) in [5.41, 5.74) is 7.95.